The van der Waals surface area contributed by atoms with E-state index >= 15 is 0 Å². The zero-order valence-electron chi connectivity index (χ0n) is 22.5. The van der Waals surface area contributed by atoms with Crippen LogP contribution >= 0.6 is 0 Å². The fourth-order valence-electron chi connectivity index (χ4n) is 5.65. The van der Waals surface area contributed by atoms with Gasteiger partial charge >= 0.3 is 0 Å². The van der Waals surface area contributed by atoms with Crippen molar-refractivity contribution >= 4 is 22.6 Å². The zero-order valence-corrected chi connectivity index (χ0v) is 22.5. The van der Waals surface area contributed by atoms with Crippen LogP contribution in [0.4, 0.5) is 0 Å². The number of piperazine rings is 1. The van der Waals surface area contributed by atoms with Crippen molar-refractivity contribution in [2.75, 3.05) is 52.4 Å². The molecule has 7 nitrogen and oxygen atoms in total. The van der Waals surface area contributed by atoms with Gasteiger partial charge in [0.05, 0.1) is 0 Å². The second-order valence-electron chi connectivity index (χ2n) is 10.8. The average molecular weight is 516 g/mol. The normalized spacial score (nSPS) is 17.4. The minimum atomic E-state index is -0.571. The van der Waals surface area contributed by atoms with Crippen LogP contribution in [-0.4, -0.2) is 90.1 Å². The summed E-state index contributed by atoms with van der Waals surface area (Å²) in [5.74, 6) is 0.836. The maximum atomic E-state index is 13.1. The van der Waals surface area contributed by atoms with E-state index in [1.165, 1.54) is 16.0 Å². The number of hydrogen-bond donors (Lipinski definition) is 1. The van der Waals surface area contributed by atoms with Crippen molar-refractivity contribution < 1.29 is 19.4 Å². The number of benzene rings is 3. The molecule has 2 amide bonds. The van der Waals surface area contributed by atoms with Gasteiger partial charge in [0.2, 0.25) is 0 Å². The summed E-state index contributed by atoms with van der Waals surface area (Å²) < 4.78 is 5.86. The summed E-state index contributed by atoms with van der Waals surface area (Å²) in [6.07, 6.45) is -0.571. The Labute approximate surface area is 224 Å². The van der Waals surface area contributed by atoms with Gasteiger partial charge in [-0.05, 0) is 53.6 Å². The van der Waals surface area contributed by atoms with Crippen molar-refractivity contribution in [2.45, 2.75) is 32.8 Å². The lowest BCUT2D eigenvalue weighted by atomic mass is 9.94. The molecule has 5 rings (SSSR count). The molecule has 0 radical (unpaired) electrons. The summed E-state index contributed by atoms with van der Waals surface area (Å²) in [6, 6.07) is 17.4. The van der Waals surface area contributed by atoms with Gasteiger partial charge in [0.15, 0.2) is 0 Å². The van der Waals surface area contributed by atoms with E-state index in [-0.39, 0.29) is 18.4 Å². The van der Waals surface area contributed by atoms with E-state index in [1.807, 2.05) is 48.5 Å². The molecule has 3 aromatic rings. The highest BCUT2D eigenvalue weighted by atomic mass is 16.5. The highest BCUT2D eigenvalue weighted by molar-refractivity contribution is 6.25. The van der Waals surface area contributed by atoms with E-state index in [0.29, 0.717) is 36.7 Å². The number of aliphatic hydroxyl groups is 1. The maximum Gasteiger partial charge on any atom is 0.261 e. The Hall–Kier alpha value is -3.26. The first-order valence-electron chi connectivity index (χ1n) is 13.6. The van der Waals surface area contributed by atoms with E-state index < -0.39 is 6.10 Å². The first-order valence-corrected chi connectivity index (χ1v) is 13.6. The summed E-state index contributed by atoms with van der Waals surface area (Å²) in [7, 11) is 0. The lowest BCUT2D eigenvalue weighted by Gasteiger charge is -2.36. The van der Waals surface area contributed by atoms with Gasteiger partial charge in [-0.2, -0.15) is 0 Å². The van der Waals surface area contributed by atoms with Crippen LogP contribution in [-0.2, 0) is 0 Å². The van der Waals surface area contributed by atoms with E-state index in [1.54, 1.807) is 0 Å². The lowest BCUT2D eigenvalue weighted by molar-refractivity contribution is 0.0416. The third-order valence-electron chi connectivity index (χ3n) is 7.74. The minimum Gasteiger partial charge on any atom is -0.491 e. The molecule has 2 aliphatic heterocycles. The van der Waals surface area contributed by atoms with E-state index in [9.17, 15) is 14.7 Å². The number of ether oxygens (including phenoxy) is 1. The number of aliphatic hydroxyl groups excluding tert-OH is 1. The molecule has 1 atom stereocenters. The SMILES string of the molecule is Cc1cc(OC[C@H](O)CN2CCN(CCN3C(=O)c4cccc5cccc(c45)C3=O)CC2)ccc1C(C)C. The summed E-state index contributed by atoms with van der Waals surface area (Å²) >= 11 is 0. The number of carbonyl (C=O) groups excluding carboxylic acids is 2. The lowest BCUT2D eigenvalue weighted by Crippen LogP contribution is -2.51. The smallest absolute Gasteiger partial charge is 0.261 e. The number of amides is 2. The van der Waals surface area contributed by atoms with Crippen LogP contribution in [0.5, 0.6) is 5.75 Å². The number of nitrogens with zero attached hydrogens (tertiary/aromatic N) is 3. The van der Waals surface area contributed by atoms with Gasteiger partial charge in [0.1, 0.15) is 18.5 Å². The van der Waals surface area contributed by atoms with Gasteiger partial charge in [0.25, 0.3) is 11.8 Å². The number of hydrogen-bond acceptors (Lipinski definition) is 6. The summed E-state index contributed by atoms with van der Waals surface area (Å²) in [5, 5.41) is 12.2. The van der Waals surface area contributed by atoms with Crippen molar-refractivity contribution in [3.63, 3.8) is 0 Å². The highest BCUT2D eigenvalue weighted by Gasteiger charge is 2.33. The number of carbonyl (C=O) groups is 2. The topological polar surface area (TPSA) is 73.3 Å². The Morgan fingerprint density at radius 3 is 2.11 bits per heavy atom. The van der Waals surface area contributed by atoms with Crippen LogP contribution in [0.1, 0.15) is 51.6 Å². The molecule has 38 heavy (non-hydrogen) atoms. The molecule has 7 heteroatoms. The van der Waals surface area contributed by atoms with Crippen molar-refractivity contribution in [3.05, 3.63) is 76.9 Å². The maximum absolute atomic E-state index is 13.1. The second kappa shape index (κ2) is 11.2. The summed E-state index contributed by atoms with van der Waals surface area (Å²) in [5.41, 5.74) is 3.72. The van der Waals surface area contributed by atoms with Crippen LogP contribution in [0.2, 0.25) is 0 Å². The van der Waals surface area contributed by atoms with Gasteiger partial charge in [0, 0.05) is 62.3 Å². The van der Waals surface area contributed by atoms with Crippen molar-refractivity contribution in [2.24, 2.45) is 0 Å². The molecule has 1 N–H and O–H groups in total. The Morgan fingerprint density at radius 2 is 1.50 bits per heavy atom. The van der Waals surface area contributed by atoms with Gasteiger partial charge in [-0.1, -0.05) is 44.2 Å². The molecular formula is C31H37N3O4. The van der Waals surface area contributed by atoms with Crippen LogP contribution in [0.3, 0.4) is 0 Å². The van der Waals surface area contributed by atoms with E-state index in [0.717, 1.165) is 42.7 Å². The standard InChI is InChI=1S/C31H37N3O4/c1-21(2)26-11-10-25(18-22(26)3)38-20-24(35)19-33-14-12-32(13-15-33)16-17-34-30(36)27-8-4-6-23-7-5-9-28(29(23)27)31(34)37/h4-11,18,21,24,35H,12-17,19-20H2,1-3H3/t24-/m1/s1. The molecular weight excluding hydrogens is 478 g/mol. The largest absolute Gasteiger partial charge is 0.491 e. The molecule has 0 aliphatic carbocycles. The quantitative estimate of drug-likeness (QED) is 0.436. The van der Waals surface area contributed by atoms with Crippen LogP contribution in [0.25, 0.3) is 10.8 Å². The molecule has 2 aliphatic rings. The van der Waals surface area contributed by atoms with Crippen molar-refractivity contribution in [1.82, 2.24) is 14.7 Å². The first kappa shape index (κ1) is 26.4. The molecule has 0 aromatic heterocycles. The Balaban J connectivity index is 1.08. The van der Waals surface area contributed by atoms with Gasteiger partial charge < -0.3 is 9.84 Å². The molecule has 0 unspecified atom stereocenters. The Kier molecular flexibility index (Phi) is 7.79. The van der Waals surface area contributed by atoms with Crippen molar-refractivity contribution in [1.29, 1.82) is 0 Å². The highest BCUT2D eigenvalue weighted by Crippen LogP contribution is 2.30. The monoisotopic (exact) mass is 515 g/mol. The van der Waals surface area contributed by atoms with Crippen LogP contribution in [0.15, 0.2) is 54.6 Å². The van der Waals surface area contributed by atoms with Gasteiger partial charge in [-0.3, -0.25) is 24.3 Å². The van der Waals surface area contributed by atoms with Gasteiger partial charge in [-0.15, -0.1) is 0 Å². The predicted molar refractivity (Wildman–Crippen MR) is 149 cm³/mol. The Morgan fingerprint density at radius 1 is 0.868 bits per heavy atom. The molecule has 200 valence electrons. The molecule has 3 aromatic carbocycles. The molecule has 0 bridgehead atoms. The van der Waals surface area contributed by atoms with Crippen LogP contribution < -0.4 is 4.74 Å². The third-order valence-corrected chi connectivity index (χ3v) is 7.74. The molecule has 1 fully saturated rings. The van der Waals surface area contributed by atoms with Gasteiger partial charge in [-0.25, -0.2) is 0 Å². The fourth-order valence-corrected chi connectivity index (χ4v) is 5.65. The second-order valence-corrected chi connectivity index (χ2v) is 10.8. The van der Waals surface area contributed by atoms with Crippen molar-refractivity contribution in [3.8, 4) is 5.75 Å². The molecule has 0 saturated carbocycles. The molecule has 2 heterocycles. The average Bonchev–Trinajstić information content (AvgIpc) is 2.91. The third kappa shape index (κ3) is 5.46. The summed E-state index contributed by atoms with van der Waals surface area (Å²) in [4.78, 5) is 32.2. The van der Waals surface area contributed by atoms with E-state index in [4.69, 9.17) is 4.74 Å². The van der Waals surface area contributed by atoms with E-state index in [2.05, 4.69) is 36.6 Å². The number of rotatable bonds is 9. The van der Waals surface area contributed by atoms with Crippen LogP contribution in [0, 0.1) is 6.92 Å². The zero-order chi connectivity index (χ0) is 26.8. The predicted octanol–water partition coefficient (Wildman–Crippen LogP) is 3.93. The fraction of sp³-hybridized carbons (Fsp3) is 0.419. The molecule has 0 spiro atoms. The minimum absolute atomic E-state index is 0.213. The number of β-amino-alcohol motifs (C(OH)–C–C–N with tert-alkyl or cyclic N) is 1. The number of imide groups is 1. The summed E-state index contributed by atoms with van der Waals surface area (Å²) in [6.45, 7) is 11.6. The number of aryl methyl sites for hydroxylation is 1. The Bertz CT molecular complexity index is 1280. The molecule has 1 saturated heterocycles. The first-order chi connectivity index (χ1) is 18.3.